The fourth-order valence-corrected chi connectivity index (χ4v) is 4.74. The number of anilines is 1. The second-order valence-corrected chi connectivity index (χ2v) is 7.52. The lowest BCUT2D eigenvalue weighted by Crippen LogP contribution is -2.42. The first-order valence-electron chi connectivity index (χ1n) is 9.78. The van der Waals surface area contributed by atoms with Crippen LogP contribution < -0.4 is 5.32 Å². The highest BCUT2D eigenvalue weighted by Gasteiger charge is 2.59. The van der Waals surface area contributed by atoms with Crippen molar-refractivity contribution in [2.24, 2.45) is 0 Å². The van der Waals surface area contributed by atoms with Crippen molar-refractivity contribution in [2.45, 2.75) is 30.8 Å². The summed E-state index contributed by atoms with van der Waals surface area (Å²) in [5.74, 6) is -0.0293. The van der Waals surface area contributed by atoms with Gasteiger partial charge in [-0.2, -0.15) is 5.10 Å². The molecule has 1 saturated heterocycles. The maximum absolute atomic E-state index is 13.3. The number of amides is 2. The van der Waals surface area contributed by atoms with Crippen molar-refractivity contribution < 1.29 is 9.59 Å². The van der Waals surface area contributed by atoms with E-state index in [1.54, 1.807) is 23.3 Å². The maximum atomic E-state index is 13.3. The van der Waals surface area contributed by atoms with E-state index in [0.717, 1.165) is 16.8 Å². The average molecular weight is 387 g/mol. The van der Waals surface area contributed by atoms with Crippen LogP contribution in [0.1, 0.15) is 30.0 Å². The van der Waals surface area contributed by atoms with Crippen molar-refractivity contribution in [1.29, 1.82) is 0 Å². The summed E-state index contributed by atoms with van der Waals surface area (Å²) in [6, 6.07) is 13.0. The predicted octanol–water partition coefficient (Wildman–Crippen LogP) is 2.53. The molecule has 2 aromatic heterocycles. The zero-order chi connectivity index (χ0) is 19.8. The van der Waals surface area contributed by atoms with Crippen molar-refractivity contribution >= 4 is 17.5 Å². The minimum Gasteiger partial charge on any atom is -0.334 e. The van der Waals surface area contributed by atoms with Crippen molar-refractivity contribution in [1.82, 2.24) is 19.7 Å². The zero-order valence-electron chi connectivity index (χ0n) is 15.9. The molecule has 1 spiro atoms. The standard InChI is InChI=1S/C22H21N5O2/c28-19(8-13-26-12-4-11-24-26)27-14-9-22(20(27)16-5-3-10-23-15-16)17-6-1-2-7-18(17)25-21(22)29/h1-7,10-12,15,20H,8-9,13-14H2,(H,25,29). The molecule has 2 amide bonds. The van der Waals surface area contributed by atoms with Crippen LogP contribution in [-0.4, -0.2) is 38.0 Å². The number of likely N-dealkylation sites (tertiary alicyclic amines) is 1. The highest BCUT2D eigenvalue weighted by atomic mass is 16.2. The summed E-state index contributed by atoms with van der Waals surface area (Å²) >= 11 is 0. The number of benzene rings is 1. The van der Waals surface area contributed by atoms with Crippen molar-refractivity contribution in [2.75, 3.05) is 11.9 Å². The Bertz CT molecular complexity index is 1050. The van der Waals surface area contributed by atoms with Gasteiger partial charge in [-0.25, -0.2) is 0 Å². The normalized spacial score (nSPS) is 22.7. The molecule has 2 atom stereocenters. The van der Waals surface area contributed by atoms with Crippen molar-refractivity contribution in [3.63, 3.8) is 0 Å². The lowest BCUT2D eigenvalue weighted by molar-refractivity contribution is -0.133. The lowest BCUT2D eigenvalue weighted by atomic mass is 9.73. The van der Waals surface area contributed by atoms with E-state index in [4.69, 9.17) is 0 Å². The number of aromatic nitrogens is 3. The number of nitrogens with one attached hydrogen (secondary N) is 1. The molecule has 0 aliphatic carbocycles. The third-order valence-electron chi connectivity index (χ3n) is 6.02. The molecule has 0 radical (unpaired) electrons. The van der Waals surface area contributed by atoms with Crippen LogP contribution in [0.15, 0.2) is 67.3 Å². The first-order chi connectivity index (χ1) is 14.2. The van der Waals surface area contributed by atoms with Gasteiger partial charge in [0.1, 0.15) is 5.41 Å². The Morgan fingerprint density at radius 1 is 1.17 bits per heavy atom. The summed E-state index contributed by atoms with van der Waals surface area (Å²) in [5, 5.41) is 7.21. The molecule has 2 aliphatic heterocycles. The van der Waals surface area contributed by atoms with Gasteiger partial charge in [0, 0.05) is 50.0 Å². The van der Waals surface area contributed by atoms with Crippen LogP contribution in [0, 0.1) is 0 Å². The highest BCUT2D eigenvalue weighted by molar-refractivity contribution is 6.07. The topological polar surface area (TPSA) is 80.1 Å². The predicted molar refractivity (Wildman–Crippen MR) is 107 cm³/mol. The summed E-state index contributed by atoms with van der Waals surface area (Å²) in [4.78, 5) is 32.6. The Balaban J connectivity index is 1.54. The van der Waals surface area contributed by atoms with E-state index in [2.05, 4.69) is 15.4 Å². The zero-order valence-corrected chi connectivity index (χ0v) is 15.9. The van der Waals surface area contributed by atoms with Crippen LogP contribution in [0.2, 0.25) is 0 Å². The molecule has 1 fully saturated rings. The molecule has 7 heteroatoms. The fourth-order valence-electron chi connectivity index (χ4n) is 4.74. The van der Waals surface area contributed by atoms with Crippen molar-refractivity contribution in [3.05, 3.63) is 78.4 Å². The van der Waals surface area contributed by atoms with Gasteiger partial charge in [0.2, 0.25) is 11.8 Å². The Morgan fingerprint density at radius 2 is 2.07 bits per heavy atom. The van der Waals surface area contributed by atoms with Crippen LogP contribution in [0.25, 0.3) is 0 Å². The molecule has 5 rings (SSSR count). The van der Waals surface area contributed by atoms with Crippen LogP contribution in [0.3, 0.4) is 0 Å². The smallest absolute Gasteiger partial charge is 0.237 e. The van der Waals surface area contributed by atoms with Gasteiger partial charge < -0.3 is 10.2 Å². The second-order valence-electron chi connectivity index (χ2n) is 7.52. The van der Waals surface area contributed by atoms with Gasteiger partial charge in [0.25, 0.3) is 0 Å². The number of para-hydroxylation sites is 1. The molecule has 146 valence electrons. The monoisotopic (exact) mass is 387 g/mol. The highest BCUT2D eigenvalue weighted by Crippen LogP contribution is 2.54. The van der Waals surface area contributed by atoms with Gasteiger partial charge in [-0.15, -0.1) is 0 Å². The number of rotatable bonds is 4. The average Bonchev–Trinajstić information content (AvgIpc) is 3.47. The number of carbonyl (C=O) groups is 2. The second kappa shape index (κ2) is 6.84. The molecule has 2 aliphatic rings. The fraction of sp³-hybridized carbons (Fsp3) is 0.273. The minimum atomic E-state index is -0.791. The third kappa shape index (κ3) is 2.73. The van der Waals surface area contributed by atoms with Gasteiger partial charge in [0.05, 0.1) is 6.04 Å². The van der Waals surface area contributed by atoms with Gasteiger partial charge in [-0.3, -0.25) is 19.3 Å². The summed E-state index contributed by atoms with van der Waals surface area (Å²) < 4.78 is 1.75. The molecule has 29 heavy (non-hydrogen) atoms. The minimum absolute atomic E-state index is 0.0170. The molecule has 4 heterocycles. The SMILES string of the molecule is O=C(CCn1cccn1)N1CCC2(C(=O)Nc3ccccc32)C1c1cccnc1. The van der Waals surface area contributed by atoms with Crippen LogP contribution in [-0.2, 0) is 21.5 Å². The lowest BCUT2D eigenvalue weighted by Gasteiger charge is -2.34. The molecule has 1 N–H and O–H groups in total. The van der Waals surface area contributed by atoms with Crippen LogP contribution in [0.4, 0.5) is 5.69 Å². The summed E-state index contributed by atoms with van der Waals surface area (Å²) in [5.41, 5.74) is 1.88. The Labute approximate surface area is 168 Å². The molecule has 0 saturated carbocycles. The number of hydrogen-bond acceptors (Lipinski definition) is 4. The largest absolute Gasteiger partial charge is 0.334 e. The number of carbonyl (C=O) groups excluding carboxylic acids is 2. The van der Waals surface area contributed by atoms with E-state index in [1.165, 1.54) is 0 Å². The van der Waals surface area contributed by atoms with Gasteiger partial charge in [-0.1, -0.05) is 24.3 Å². The Morgan fingerprint density at radius 3 is 2.86 bits per heavy atom. The number of aryl methyl sites for hydroxylation is 1. The Kier molecular flexibility index (Phi) is 4.16. The summed E-state index contributed by atoms with van der Waals surface area (Å²) in [7, 11) is 0. The van der Waals surface area contributed by atoms with E-state index in [1.807, 2.05) is 53.6 Å². The van der Waals surface area contributed by atoms with Gasteiger partial charge in [0.15, 0.2) is 0 Å². The number of hydrogen-bond donors (Lipinski definition) is 1. The third-order valence-corrected chi connectivity index (χ3v) is 6.02. The van der Waals surface area contributed by atoms with E-state index in [0.29, 0.717) is 25.9 Å². The first-order valence-corrected chi connectivity index (χ1v) is 9.78. The van der Waals surface area contributed by atoms with Crippen LogP contribution >= 0.6 is 0 Å². The van der Waals surface area contributed by atoms with E-state index >= 15 is 0 Å². The first kappa shape index (κ1) is 17.6. The van der Waals surface area contributed by atoms with E-state index in [9.17, 15) is 9.59 Å². The number of nitrogens with zero attached hydrogens (tertiary/aromatic N) is 4. The maximum Gasteiger partial charge on any atom is 0.237 e. The molecule has 1 aromatic carbocycles. The van der Waals surface area contributed by atoms with Gasteiger partial charge in [-0.05, 0) is 35.7 Å². The Hall–Kier alpha value is -3.48. The number of fused-ring (bicyclic) bond motifs is 2. The molecular weight excluding hydrogens is 366 g/mol. The molecule has 7 nitrogen and oxygen atoms in total. The van der Waals surface area contributed by atoms with Crippen LogP contribution in [0.5, 0.6) is 0 Å². The van der Waals surface area contributed by atoms with E-state index in [-0.39, 0.29) is 17.9 Å². The van der Waals surface area contributed by atoms with Crippen molar-refractivity contribution in [3.8, 4) is 0 Å². The molecule has 2 unspecified atom stereocenters. The summed E-state index contributed by atoms with van der Waals surface area (Å²) in [6.07, 6.45) is 7.93. The number of pyridine rings is 1. The van der Waals surface area contributed by atoms with Gasteiger partial charge >= 0.3 is 0 Å². The molecule has 3 aromatic rings. The summed E-state index contributed by atoms with van der Waals surface area (Å²) in [6.45, 7) is 1.04. The van der Waals surface area contributed by atoms with E-state index < -0.39 is 5.41 Å². The molecular formula is C22H21N5O2. The quantitative estimate of drug-likeness (QED) is 0.746. The molecule has 0 bridgehead atoms.